The van der Waals surface area contributed by atoms with Crippen LogP contribution in [-0.2, 0) is 0 Å². The molecule has 3 heteroatoms. The monoisotopic (exact) mass is 501 g/mol. The van der Waals surface area contributed by atoms with Gasteiger partial charge >= 0.3 is 0 Å². The van der Waals surface area contributed by atoms with Crippen LogP contribution in [0, 0.1) is 0 Å². The Morgan fingerprint density at radius 1 is 0.333 bits per heavy atom. The predicted octanol–water partition coefficient (Wildman–Crippen LogP) is 10.6. The third-order valence-electron chi connectivity index (χ3n) is 7.44. The highest BCUT2D eigenvalue weighted by Crippen LogP contribution is 2.35. The fourth-order valence-electron chi connectivity index (χ4n) is 5.53. The van der Waals surface area contributed by atoms with Crippen molar-refractivity contribution in [3.63, 3.8) is 0 Å². The van der Waals surface area contributed by atoms with Crippen molar-refractivity contribution in [3.05, 3.63) is 133 Å². The van der Waals surface area contributed by atoms with E-state index in [1.54, 1.807) is 0 Å². The van der Waals surface area contributed by atoms with Gasteiger partial charge in [-0.3, -0.25) is 0 Å². The van der Waals surface area contributed by atoms with Gasteiger partial charge in [0.2, 0.25) is 0 Å². The molecule has 39 heavy (non-hydrogen) atoms. The molecule has 2 aromatic heterocycles. The fourth-order valence-corrected chi connectivity index (χ4v) is 5.53. The molecule has 8 aromatic rings. The van der Waals surface area contributed by atoms with Crippen LogP contribution in [0.3, 0.4) is 0 Å². The van der Waals surface area contributed by atoms with Crippen LogP contribution >= 0.6 is 0 Å². The van der Waals surface area contributed by atoms with Gasteiger partial charge in [0.1, 0.15) is 22.3 Å². The van der Waals surface area contributed by atoms with E-state index in [-0.39, 0.29) is 0 Å². The van der Waals surface area contributed by atoms with E-state index >= 15 is 0 Å². The summed E-state index contributed by atoms with van der Waals surface area (Å²) in [5.74, 6) is 0. The van der Waals surface area contributed by atoms with E-state index in [9.17, 15) is 0 Å². The Kier molecular flexibility index (Phi) is 4.82. The van der Waals surface area contributed by atoms with Gasteiger partial charge in [-0.2, -0.15) is 0 Å². The lowest BCUT2D eigenvalue weighted by Gasteiger charge is -2.10. The summed E-state index contributed by atoms with van der Waals surface area (Å²) >= 11 is 0. The van der Waals surface area contributed by atoms with E-state index in [0.717, 1.165) is 77.5 Å². The van der Waals surface area contributed by atoms with Gasteiger partial charge in [0, 0.05) is 39.0 Å². The number of hydrogen-bond donors (Lipinski definition) is 1. The molecule has 0 bridgehead atoms. The average molecular weight is 502 g/mol. The molecule has 6 aromatic carbocycles. The van der Waals surface area contributed by atoms with Gasteiger partial charge in [-0.1, -0.05) is 72.8 Å². The number of benzene rings is 6. The molecule has 0 saturated heterocycles. The second kappa shape index (κ2) is 8.64. The standard InChI is InChI=1S/C36H23NO2/c1-3-13-33-29(11-1)31-17-15-26(21-35(31)38-33)24-8-5-7-23(19-24)25-9-6-10-27(20-25)37-28-16-18-32-30-12-2-4-14-34(30)39-36(32)22-28/h1-22,37H. The van der Waals surface area contributed by atoms with E-state index in [1.807, 2.05) is 30.3 Å². The Labute approximate surface area is 224 Å². The van der Waals surface area contributed by atoms with Gasteiger partial charge in [0.05, 0.1) is 0 Å². The van der Waals surface area contributed by atoms with E-state index in [0.29, 0.717) is 0 Å². The molecule has 0 unspecified atom stereocenters. The number of para-hydroxylation sites is 2. The minimum atomic E-state index is 0.881. The zero-order valence-corrected chi connectivity index (χ0v) is 21.0. The average Bonchev–Trinajstić information content (AvgIpc) is 3.55. The highest BCUT2D eigenvalue weighted by molar-refractivity contribution is 6.06. The lowest BCUT2D eigenvalue weighted by Crippen LogP contribution is -1.90. The zero-order chi connectivity index (χ0) is 25.8. The third kappa shape index (κ3) is 3.75. The van der Waals surface area contributed by atoms with Gasteiger partial charge in [-0.25, -0.2) is 0 Å². The largest absolute Gasteiger partial charge is 0.456 e. The molecule has 0 spiro atoms. The van der Waals surface area contributed by atoms with Crippen molar-refractivity contribution in [1.82, 2.24) is 0 Å². The summed E-state index contributed by atoms with van der Waals surface area (Å²) < 4.78 is 12.2. The summed E-state index contributed by atoms with van der Waals surface area (Å²) in [6.45, 7) is 0. The van der Waals surface area contributed by atoms with Crippen molar-refractivity contribution in [1.29, 1.82) is 0 Å². The number of rotatable bonds is 4. The summed E-state index contributed by atoms with van der Waals surface area (Å²) in [5, 5.41) is 8.12. The molecule has 0 fully saturated rings. The normalized spacial score (nSPS) is 11.6. The first-order valence-corrected chi connectivity index (χ1v) is 13.1. The van der Waals surface area contributed by atoms with Crippen molar-refractivity contribution in [2.24, 2.45) is 0 Å². The topological polar surface area (TPSA) is 38.3 Å². The van der Waals surface area contributed by atoms with Crippen LogP contribution in [0.1, 0.15) is 0 Å². The van der Waals surface area contributed by atoms with Gasteiger partial charge in [0.25, 0.3) is 0 Å². The molecular formula is C36H23NO2. The number of nitrogens with one attached hydrogen (secondary N) is 1. The summed E-state index contributed by atoms with van der Waals surface area (Å²) in [7, 11) is 0. The van der Waals surface area contributed by atoms with Crippen LogP contribution in [0.2, 0.25) is 0 Å². The molecule has 0 atom stereocenters. The minimum absolute atomic E-state index is 0.881. The summed E-state index contributed by atoms with van der Waals surface area (Å²) in [5.41, 5.74) is 10.2. The van der Waals surface area contributed by atoms with Crippen molar-refractivity contribution in [3.8, 4) is 22.3 Å². The van der Waals surface area contributed by atoms with Crippen LogP contribution < -0.4 is 5.32 Å². The quantitative estimate of drug-likeness (QED) is 0.261. The maximum Gasteiger partial charge on any atom is 0.137 e. The van der Waals surface area contributed by atoms with E-state index in [4.69, 9.17) is 8.83 Å². The summed E-state index contributed by atoms with van der Waals surface area (Å²) in [4.78, 5) is 0. The van der Waals surface area contributed by atoms with Crippen LogP contribution in [-0.4, -0.2) is 0 Å². The van der Waals surface area contributed by atoms with Crippen LogP contribution in [0.25, 0.3) is 66.1 Å². The van der Waals surface area contributed by atoms with Gasteiger partial charge in [0.15, 0.2) is 0 Å². The first-order chi connectivity index (χ1) is 19.3. The smallest absolute Gasteiger partial charge is 0.137 e. The van der Waals surface area contributed by atoms with Gasteiger partial charge in [-0.05, 0) is 76.9 Å². The molecule has 0 aliphatic heterocycles. The second-order valence-electron chi connectivity index (χ2n) is 9.90. The van der Waals surface area contributed by atoms with Crippen molar-refractivity contribution in [2.75, 3.05) is 5.32 Å². The molecule has 184 valence electrons. The highest BCUT2D eigenvalue weighted by Gasteiger charge is 2.10. The Morgan fingerprint density at radius 2 is 0.846 bits per heavy atom. The SMILES string of the molecule is c1cc(Nc2ccc3c(c2)oc2ccccc23)cc(-c2cccc(-c3ccc4c(c3)oc3ccccc34)c2)c1. The van der Waals surface area contributed by atoms with Crippen LogP contribution in [0.4, 0.5) is 11.4 Å². The van der Waals surface area contributed by atoms with E-state index < -0.39 is 0 Å². The predicted molar refractivity (Wildman–Crippen MR) is 162 cm³/mol. The molecule has 2 heterocycles. The van der Waals surface area contributed by atoms with Crippen molar-refractivity contribution in [2.45, 2.75) is 0 Å². The maximum absolute atomic E-state index is 6.13. The molecule has 1 N–H and O–H groups in total. The number of fused-ring (bicyclic) bond motifs is 6. The minimum Gasteiger partial charge on any atom is -0.456 e. The third-order valence-corrected chi connectivity index (χ3v) is 7.44. The maximum atomic E-state index is 6.13. The molecule has 0 aliphatic rings. The van der Waals surface area contributed by atoms with Gasteiger partial charge in [-0.15, -0.1) is 0 Å². The lowest BCUT2D eigenvalue weighted by molar-refractivity contribution is 0.668. The first-order valence-electron chi connectivity index (χ1n) is 13.1. The Balaban J connectivity index is 1.11. The lowest BCUT2D eigenvalue weighted by atomic mass is 9.98. The zero-order valence-electron chi connectivity index (χ0n) is 21.0. The van der Waals surface area contributed by atoms with Crippen molar-refractivity contribution >= 4 is 55.3 Å². The Morgan fingerprint density at radius 3 is 1.56 bits per heavy atom. The van der Waals surface area contributed by atoms with Crippen LogP contribution in [0.15, 0.2) is 142 Å². The number of anilines is 2. The summed E-state index contributed by atoms with van der Waals surface area (Å²) in [6, 6.07) is 46.3. The molecule has 0 aliphatic carbocycles. The number of furan rings is 2. The van der Waals surface area contributed by atoms with E-state index in [1.165, 1.54) is 0 Å². The van der Waals surface area contributed by atoms with Crippen LogP contribution in [0.5, 0.6) is 0 Å². The molecular weight excluding hydrogens is 478 g/mol. The molecule has 0 saturated carbocycles. The molecule has 0 radical (unpaired) electrons. The Hall–Kier alpha value is -5.28. The first kappa shape index (κ1) is 21.8. The Bertz CT molecular complexity index is 2170. The molecule has 3 nitrogen and oxygen atoms in total. The van der Waals surface area contributed by atoms with Crippen molar-refractivity contribution < 1.29 is 8.83 Å². The number of hydrogen-bond acceptors (Lipinski definition) is 3. The highest BCUT2D eigenvalue weighted by atomic mass is 16.3. The fraction of sp³-hybridized carbons (Fsp3) is 0. The van der Waals surface area contributed by atoms with E-state index in [2.05, 4.69) is 108 Å². The second-order valence-corrected chi connectivity index (χ2v) is 9.90. The van der Waals surface area contributed by atoms with Gasteiger partial charge < -0.3 is 14.2 Å². The molecule has 8 rings (SSSR count). The summed E-state index contributed by atoms with van der Waals surface area (Å²) in [6.07, 6.45) is 0. The molecule has 0 amide bonds.